The second-order valence-electron chi connectivity index (χ2n) is 6.74. The Morgan fingerprint density at radius 3 is 2.43 bits per heavy atom. The summed E-state index contributed by atoms with van der Waals surface area (Å²) in [6.07, 6.45) is 1.77. The lowest BCUT2D eigenvalue weighted by Crippen LogP contribution is -2.43. The number of nitrogens with zero attached hydrogens (tertiary/aromatic N) is 1. The highest BCUT2D eigenvalue weighted by Crippen LogP contribution is 2.27. The molecule has 1 amide bonds. The Morgan fingerprint density at radius 2 is 1.86 bits per heavy atom. The summed E-state index contributed by atoms with van der Waals surface area (Å²) in [6, 6.07) is 13.3. The molecule has 0 aliphatic rings. The number of sulfonamides is 1. The van der Waals surface area contributed by atoms with E-state index in [0.29, 0.717) is 17.0 Å². The van der Waals surface area contributed by atoms with Crippen LogP contribution in [0.1, 0.15) is 32.3 Å². The lowest BCUT2D eigenvalue weighted by Gasteiger charge is -2.25. The molecular weight excluding hydrogens is 376 g/mol. The van der Waals surface area contributed by atoms with Crippen LogP contribution in [0.4, 0.5) is 5.69 Å². The smallest absolute Gasteiger partial charge is 0.264 e. The Morgan fingerprint density at radius 1 is 1.18 bits per heavy atom. The van der Waals surface area contributed by atoms with Gasteiger partial charge in [-0.1, -0.05) is 31.5 Å². The van der Waals surface area contributed by atoms with E-state index in [1.807, 2.05) is 13.8 Å². The van der Waals surface area contributed by atoms with Gasteiger partial charge in [0.1, 0.15) is 12.3 Å². The number of carbonyl (C=O) groups is 1. The second-order valence-corrected chi connectivity index (χ2v) is 8.60. The van der Waals surface area contributed by atoms with Gasteiger partial charge in [0.05, 0.1) is 17.7 Å². The van der Waals surface area contributed by atoms with Crippen LogP contribution in [0.25, 0.3) is 0 Å². The Kier molecular flexibility index (Phi) is 7.45. The number of hydrogen-bond acceptors (Lipinski definition) is 4. The van der Waals surface area contributed by atoms with Crippen molar-refractivity contribution in [3.05, 3.63) is 54.1 Å². The Bertz CT molecular complexity index is 898. The van der Waals surface area contributed by atoms with Crippen molar-refractivity contribution < 1.29 is 17.9 Å². The van der Waals surface area contributed by atoms with E-state index < -0.39 is 10.0 Å². The van der Waals surface area contributed by atoms with Crippen molar-refractivity contribution in [3.63, 3.8) is 0 Å². The molecule has 0 heterocycles. The highest BCUT2D eigenvalue weighted by atomic mass is 32.2. The van der Waals surface area contributed by atoms with Gasteiger partial charge in [-0.05, 0) is 56.2 Å². The molecule has 0 aliphatic heterocycles. The highest BCUT2D eigenvalue weighted by Gasteiger charge is 2.28. The van der Waals surface area contributed by atoms with Crippen molar-refractivity contribution in [1.29, 1.82) is 0 Å². The number of hydrogen-bond donors (Lipinski definition) is 1. The Balaban J connectivity index is 2.38. The van der Waals surface area contributed by atoms with Crippen molar-refractivity contribution in [2.24, 2.45) is 0 Å². The van der Waals surface area contributed by atoms with Crippen molar-refractivity contribution in [2.45, 2.75) is 44.6 Å². The van der Waals surface area contributed by atoms with Gasteiger partial charge in [0.25, 0.3) is 10.0 Å². The quantitative estimate of drug-likeness (QED) is 0.694. The molecular formula is C21H28N2O4S. The molecule has 0 saturated heterocycles. The summed E-state index contributed by atoms with van der Waals surface area (Å²) in [5.74, 6) is 0.273. The average molecular weight is 405 g/mol. The van der Waals surface area contributed by atoms with E-state index in [2.05, 4.69) is 5.32 Å². The third-order valence-electron chi connectivity index (χ3n) is 4.41. The van der Waals surface area contributed by atoms with Gasteiger partial charge in [0, 0.05) is 6.04 Å². The molecule has 28 heavy (non-hydrogen) atoms. The van der Waals surface area contributed by atoms with E-state index in [1.54, 1.807) is 49.4 Å². The summed E-state index contributed by atoms with van der Waals surface area (Å²) in [5.41, 5.74) is 1.15. The van der Waals surface area contributed by atoms with Crippen LogP contribution in [0.2, 0.25) is 0 Å². The molecule has 0 bridgehead atoms. The standard InChI is InChI=1S/C21H28N2O4S/c1-5-9-17(3)22-21(24)15-23(18-10-7-6-8-11-18)28(25,26)19-12-13-20(27-4)16(2)14-19/h6-8,10-14,17H,5,9,15H2,1-4H3,(H,22,24). The van der Waals surface area contributed by atoms with Crippen molar-refractivity contribution in [3.8, 4) is 5.75 Å². The van der Waals surface area contributed by atoms with E-state index in [1.165, 1.54) is 13.2 Å². The third kappa shape index (κ3) is 5.25. The molecule has 1 N–H and O–H groups in total. The Hall–Kier alpha value is -2.54. The molecule has 0 aliphatic carbocycles. The number of carbonyl (C=O) groups excluding carboxylic acids is 1. The average Bonchev–Trinajstić information content (AvgIpc) is 2.66. The monoisotopic (exact) mass is 404 g/mol. The molecule has 0 radical (unpaired) electrons. The highest BCUT2D eigenvalue weighted by molar-refractivity contribution is 7.92. The molecule has 0 saturated carbocycles. The van der Waals surface area contributed by atoms with Crippen LogP contribution in [0, 0.1) is 6.92 Å². The number of methoxy groups -OCH3 is 1. The van der Waals surface area contributed by atoms with Crippen LogP contribution in [0.15, 0.2) is 53.4 Å². The van der Waals surface area contributed by atoms with Crippen molar-refractivity contribution >= 4 is 21.6 Å². The molecule has 6 nitrogen and oxygen atoms in total. The molecule has 2 aromatic rings. The van der Waals surface area contributed by atoms with Crippen molar-refractivity contribution in [1.82, 2.24) is 5.32 Å². The minimum Gasteiger partial charge on any atom is -0.496 e. The fourth-order valence-electron chi connectivity index (χ4n) is 3.00. The molecule has 0 aromatic heterocycles. The van der Waals surface area contributed by atoms with Crippen LogP contribution in [-0.2, 0) is 14.8 Å². The molecule has 7 heteroatoms. The van der Waals surface area contributed by atoms with Gasteiger partial charge in [-0.15, -0.1) is 0 Å². The summed E-state index contributed by atoms with van der Waals surface area (Å²) in [5, 5.41) is 2.87. The van der Waals surface area contributed by atoms with E-state index in [4.69, 9.17) is 4.74 Å². The number of rotatable bonds is 9. The zero-order valence-corrected chi connectivity index (χ0v) is 17.6. The molecule has 1 unspecified atom stereocenters. The van der Waals surface area contributed by atoms with E-state index >= 15 is 0 Å². The number of anilines is 1. The number of amides is 1. The zero-order valence-electron chi connectivity index (χ0n) is 16.8. The van der Waals surface area contributed by atoms with Crippen LogP contribution >= 0.6 is 0 Å². The second kappa shape index (κ2) is 9.59. The topological polar surface area (TPSA) is 75.7 Å². The van der Waals surface area contributed by atoms with Gasteiger partial charge in [-0.2, -0.15) is 0 Å². The number of nitrogens with one attached hydrogen (secondary N) is 1. The molecule has 2 aromatic carbocycles. The number of para-hydroxylation sites is 1. The van der Waals surface area contributed by atoms with Crippen LogP contribution in [0.5, 0.6) is 5.75 Å². The molecule has 2 rings (SSSR count). The first-order valence-electron chi connectivity index (χ1n) is 9.31. The van der Waals surface area contributed by atoms with Gasteiger partial charge >= 0.3 is 0 Å². The molecule has 0 spiro atoms. The Labute approximate surface area is 167 Å². The summed E-state index contributed by atoms with van der Waals surface area (Å²) in [7, 11) is -2.39. The third-order valence-corrected chi connectivity index (χ3v) is 6.18. The van der Waals surface area contributed by atoms with Gasteiger partial charge in [-0.25, -0.2) is 8.42 Å². The maximum absolute atomic E-state index is 13.3. The maximum Gasteiger partial charge on any atom is 0.264 e. The fourth-order valence-corrected chi connectivity index (χ4v) is 4.51. The largest absolute Gasteiger partial charge is 0.496 e. The van der Waals surface area contributed by atoms with E-state index in [-0.39, 0.29) is 23.4 Å². The van der Waals surface area contributed by atoms with Gasteiger partial charge < -0.3 is 10.1 Å². The van der Waals surface area contributed by atoms with Crippen LogP contribution in [-0.4, -0.2) is 34.0 Å². The van der Waals surface area contributed by atoms with E-state index in [9.17, 15) is 13.2 Å². The molecule has 152 valence electrons. The van der Waals surface area contributed by atoms with Crippen LogP contribution < -0.4 is 14.4 Å². The van der Waals surface area contributed by atoms with E-state index in [0.717, 1.165) is 17.1 Å². The summed E-state index contributed by atoms with van der Waals surface area (Å²) < 4.78 is 33.0. The number of ether oxygens (including phenoxy) is 1. The van der Waals surface area contributed by atoms with Gasteiger partial charge in [0.15, 0.2) is 0 Å². The predicted octanol–water partition coefficient (Wildman–Crippen LogP) is 3.50. The molecule has 1 atom stereocenters. The predicted molar refractivity (Wildman–Crippen MR) is 111 cm³/mol. The number of aryl methyl sites for hydroxylation is 1. The minimum absolute atomic E-state index is 0.0129. The molecule has 0 fully saturated rings. The zero-order chi connectivity index (χ0) is 20.7. The first-order chi connectivity index (χ1) is 13.3. The minimum atomic E-state index is -3.93. The summed E-state index contributed by atoms with van der Waals surface area (Å²) in [6.45, 7) is 5.44. The first kappa shape index (κ1) is 21.8. The lowest BCUT2D eigenvalue weighted by molar-refractivity contribution is -0.120. The van der Waals surface area contributed by atoms with Gasteiger partial charge in [-0.3, -0.25) is 9.10 Å². The number of benzene rings is 2. The SMILES string of the molecule is CCCC(C)NC(=O)CN(c1ccccc1)S(=O)(=O)c1ccc(OC)c(C)c1. The lowest BCUT2D eigenvalue weighted by atomic mass is 10.2. The van der Waals surface area contributed by atoms with Crippen LogP contribution in [0.3, 0.4) is 0 Å². The van der Waals surface area contributed by atoms with Crippen molar-refractivity contribution in [2.75, 3.05) is 18.0 Å². The summed E-state index contributed by atoms with van der Waals surface area (Å²) >= 11 is 0. The normalized spacial score (nSPS) is 12.3. The summed E-state index contributed by atoms with van der Waals surface area (Å²) in [4.78, 5) is 12.6. The maximum atomic E-state index is 13.3. The fraction of sp³-hybridized carbons (Fsp3) is 0.381. The first-order valence-corrected chi connectivity index (χ1v) is 10.8. The van der Waals surface area contributed by atoms with Gasteiger partial charge in [0.2, 0.25) is 5.91 Å².